The maximum absolute atomic E-state index is 10.8. The van der Waals surface area contributed by atoms with Crippen molar-refractivity contribution in [2.24, 2.45) is 0 Å². The van der Waals surface area contributed by atoms with Gasteiger partial charge in [-0.3, -0.25) is 4.79 Å². The topological polar surface area (TPSA) is 46.5 Å². The molecular formula is C8H16O3. The Morgan fingerprint density at radius 1 is 1.64 bits per heavy atom. The molecule has 0 aromatic carbocycles. The molecule has 0 aromatic heterocycles. The Labute approximate surface area is 67.4 Å². The molecule has 1 unspecified atom stereocenters. The van der Waals surface area contributed by atoms with Gasteiger partial charge in [0.25, 0.3) is 0 Å². The average molecular weight is 160 g/mol. The number of rotatable bonds is 6. The van der Waals surface area contributed by atoms with Gasteiger partial charge in [0.1, 0.15) is 5.78 Å². The van der Waals surface area contributed by atoms with Crippen LogP contribution >= 0.6 is 0 Å². The largest absolute Gasteiger partial charge is 0.391 e. The number of ether oxygens (including phenoxy) is 1. The number of carbonyl (C=O) groups is 1. The molecule has 1 atom stereocenters. The van der Waals surface area contributed by atoms with E-state index in [1.165, 1.54) is 7.11 Å². The van der Waals surface area contributed by atoms with Gasteiger partial charge >= 0.3 is 0 Å². The molecule has 0 fully saturated rings. The Hall–Kier alpha value is -0.410. The molecule has 3 nitrogen and oxygen atoms in total. The van der Waals surface area contributed by atoms with E-state index in [2.05, 4.69) is 0 Å². The quantitative estimate of drug-likeness (QED) is 0.623. The van der Waals surface area contributed by atoms with Crippen LogP contribution in [0.2, 0.25) is 0 Å². The van der Waals surface area contributed by atoms with E-state index in [0.29, 0.717) is 25.9 Å². The van der Waals surface area contributed by atoms with Crippen LogP contribution in [0.15, 0.2) is 0 Å². The van der Waals surface area contributed by atoms with Crippen LogP contribution < -0.4 is 0 Å². The first-order chi connectivity index (χ1) is 5.20. The summed E-state index contributed by atoms with van der Waals surface area (Å²) in [5, 5.41) is 9.12. The van der Waals surface area contributed by atoms with Crippen molar-refractivity contribution in [1.82, 2.24) is 0 Å². The number of hydrogen-bond donors (Lipinski definition) is 1. The first-order valence-electron chi connectivity index (χ1n) is 3.89. The highest BCUT2D eigenvalue weighted by atomic mass is 16.5. The molecule has 1 N–H and O–H groups in total. The van der Waals surface area contributed by atoms with Crippen molar-refractivity contribution in [3.8, 4) is 0 Å². The van der Waals surface area contributed by atoms with E-state index in [-0.39, 0.29) is 5.78 Å². The fourth-order valence-corrected chi connectivity index (χ4v) is 0.780. The first-order valence-corrected chi connectivity index (χ1v) is 3.89. The summed E-state index contributed by atoms with van der Waals surface area (Å²) in [6.07, 6.45) is 1.04. The molecular weight excluding hydrogens is 144 g/mol. The van der Waals surface area contributed by atoms with E-state index in [4.69, 9.17) is 9.84 Å². The summed E-state index contributed by atoms with van der Waals surface area (Å²) in [5.74, 6) is 0.195. The van der Waals surface area contributed by atoms with Crippen LogP contribution in [-0.2, 0) is 9.53 Å². The lowest BCUT2D eigenvalue weighted by Gasteiger charge is -2.07. The molecule has 0 amide bonds. The lowest BCUT2D eigenvalue weighted by Crippen LogP contribution is -2.15. The van der Waals surface area contributed by atoms with Gasteiger partial charge in [-0.2, -0.15) is 0 Å². The van der Waals surface area contributed by atoms with Crippen molar-refractivity contribution in [1.29, 1.82) is 0 Å². The second-order valence-electron chi connectivity index (χ2n) is 2.54. The number of hydrogen-bond acceptors (Lipinski definition) is 3. The fourth-order valence-electron chi connectivity index (χ4n) is 0.780. The predicted molar refractivity (Wildman–Crippen MR) is 42.4 cm³/mol. The highest BCUT2D eigenvalue weighted by molar-refractivity contribution is 5.77. The summed E-state index contributed by atoms with van der Waals surface area (Å²) in [4.78, 5) is 10.8. The second kappa shape index (κ2) is 6.31. The molecule has 0 saturated heterocycles. The molecule has 0 bridgehead atoms. The van der Waals surface area contributed by atoms with Crippen molar-refractivity contribution >= 4 is 5.78 Å². The highest BCUT2D eigenvalue weighted by Gasteiger charge is 2.05. The molecule has 3 heteroatoms. The standard InChI is InChI=1S/C8H16O3/c1-3-7(9)4-5-8(10)6-11-2/h8,10H,3-6H2,1-2H3. The van der Waals surface area contributed by atoms with Crippen LogP contribution in [0, 0.1) is 0 Å². The third-order valence-corrected chi connectivity index (χ3v) is 1.51. The van der Waals surface area contributed by atoms with E-state index in [1.54, 1.807) is 0 Å². The van der Waals surface area contributed by atoms with Crippen molar-refractivity contribution in [3.63, 3.8) is 0 Å². The number of aliphatic hydroxyl groups excluding tert-OH is 1. The molecule has 0 heterocycles. The van der Waals surface area contributed by atoms with Crippen LogP contribution in [0.25, 0.3) is 0 Å². The van der Waals surface area contributed by atoms with Gasteiger partial charge in [-0.05, 0) is 6.42 Å². The van der Waals surface area contributed by atoms with E-state index in [0.717, 1.165) is 0 Å². The van der Waals surface area contributed by atoms with Gasteiger partial charge in [-0.15, -0.1) is 0 Å². The van der Waals surface area contributed by atoms with Gasteiger partial charge in [0.05, 0.1) is 12.7 Å². The summed E-state index contributed by atoms with van der Waals surface area (Å²) in [7, 11) is 1.53. The normalized spacial score (nSPS) is 13.0. The monoisotopic (exact) mass is 160 g/mol. The molecule has 0 saturated carbocycles. The Bertz CT molecular complexity index is 112. The van der Waals surface area contributed by atoms with E-state index >= 15 is 0 Å². The molecule has 0 aliphatic heterocycles. The summed E-state index contributed by atoms with van der Waals surface area (Å²) >= 11 is 0. The van der Waals surface area contributed by atoms with Crippen molar-refractivity contribution in [2.75, 3.05) is 13.7 Å². The maximum atomic E-state index is 10.8. The highest BCUT2D eigenvalue weighted by Crippen LogP contribution is 1.99. The number of Topliss-reactive ketones (excluding diaryl/α,β-unsaturated/α-hetero) is 1. The smallest absolute Gasteiger partial charge is 0.132 e. The predicted octanol–water partition coefficient (Wildman–Crippen LogP) is 0.753. The summed E-state index contributed by atoms with van der Waals surface area (Å²) < 4.78 is 4.71. The van der Waals surface area contributed by atoms with Gasteiger partial charge in [0.15, 0.2) is 0 Å². The first kappa shape index (κ1) is 10.6. The third-order valence-electron chi connectivity index (χ3n) is 1.51. The van der Waals surface area contributed by atoms with Crippen molar-refractivity contribution in [2.45, 2.75) is 32.3 Å². The van der Waals surface area contributed by atoms with E-state index < -0.39 is 6.10 Å². The zero-order valence-electron chi connectivity index (χ0n) is 7.17. The number of aliphatic hydroxyl groups is 1. The lowest BCUT2D eigenvalue weighted by atomic mass is 10.1. The second-order valence-corrected chi connectivity index (χ2v) is 2.54. The molecule has 0 aliphatic carbocycles. The van der Waals surface area contributed by atoms with Crippen LogP contribution in [0.4, 0.5) is 0 Å². The third kappa shape index (κ3) is 6.01. The van der Waals surface area contributed by atoms with E-state index in [1.807, 2.05) is 6.92 Å². The van der Waals surface area contributed by atoms with Gasteiger partial charge < -0.3 is 9.84 Å². The summed E-state index contributed by atoms with van der Waals surface area (Å²) in [5.41, 5.74) is 0. The van der Waals surface area contributed by atoms with Gasteiger partial charge in [0.2, 0.25) is 0 Å². The molecule has 0 spiro atoms. The Morgan fingerprint density at radius 3 is 2.73 bits per heavy atom. The summed E-state index contributed by atoms with van der Waals surface area (Å²) in [6, 6.07) is 0. The van der Waals surface area contributed by atoms with Crippen LogP contribution in [-0.4, -0.2) is 30.7 Å². The molecule has 11 heavy (non-hydrogen) atoms. The van der Waals surface area contributed by atoms with Gasteiger partial charge in [-0.25, -0.2) is 0 Å². The van der Waals surface area contributed by atoms with Crippen LogP contribution in [0.1, 0.15) is 26.2 Å². The number of methoxy groups -OCH3 is 1. The molecule has 0 rings (SSSR count). The minimum Gasteiger partial charge on any atom is -0.391 e. The van der Waals surface area contributed by atoms with Crippen molar-refractivity contribution < 1.29 is 14.6 Å². The molecule has 66 valence electrons. The van der Waals surface area contributed by atoms with Crippen LogP contribution in [0.5, 0.6) is 0 Å². The van der Waals surface area contributed by atoms with Gasteiger partial charge in [0, 0.05) is 20.0 Å². The average Bonchev–Trinajstić information content (AvgIpc) is 2.01. The summed E-state index contributed by atoms with van der Waals surface area (Å²) in [6.45, 7) is 2.14. The van der Waals surface area contributed by atoms with Gasteiger partial charge in [-0.1, -0.05) is 6.92 Å². The zero-order chi connectivity index (χ0) is 8.69. The minimum absolute atomic E-state index is 0.195. The molecule has 0 aromatic rings. The zero-order valence-corrected chi connectivity index (χ0v) is 7.17. The number of carbonyl (C=O) groups excluding carboxylic acids is 1. The van der Waals surface area contributed by atoms with Crippen molar-refractivity contribution in [3.05, 3.63) is 0 Å². The Balaban J connectivity index is 3.29. The molecule has 0 aliphatic rings. The number of ketones is 1. The Morgan fingerprint density at radius 2 is 2.27 bits per heavy atom. The van der Waals surface area contributed by atoms with E-state index in [9.17, 15) is 4.79 Å². The maximum Gasteiger partial charge on any atom is 0.132 e. The van der Waals surface area contributed by atoms with Crippen LogP contribution in [0.3, 0.4) is 0 Å². The molecule has 0 radical (unpaired) electrons. The fraction of sp³-hybridized carbons (Fsp3) is 0.875. The lowest BCUT2D eigenvalue weighted by molar-refractivity contribution is -0.119. The SMILES string of the molecule is CCC(=O)CCC(O)COC. The Kier molecular flexibility index (Phi) is 6.07. The minimum atomic E-state index is -0.490.